The lowest BCUT2D eigenvalue weighted by Gasteiger charge is -2.33. The Morgan fingerprint density at radius 2 is 1.75 bits per heavy atom. The first-order chi connectivity index (χ1) is 20.9. The average Bonchev–Trinajstić information content (AvgIpc) is 3.05. The van der Waals surface area contributed by atoms with E-state index in [2.05, 4.69) is 10.6 Å². The molecule has 4 rings (SSSR count). The second kappa shape index (κ2) is 14.1. The van der Waals surface area contributed by atoms with Gasteiger partial charge < -0.3 is 30.1 Å². The predicted octanol–water partition coefficient (Wildman–Crippen LogP) is 3.95. The van der Waals surface area contributed by atoms with E-state index in [1.54, 1.807) is 42.2 Å². The summed E-state index contributed by atoms with van der Waals surface area (Å²) in [6.45, 7) is 3.54. The standard InChI is InChI=1S/C31H37FN4O7S/c1-20-17-36(21(2)19-37)30(38)16-22-15-25(34-31(39)33-24-7-5-23(32)6-8-24)9-14-28(22)43-29(20)18-35(3)44(40,41)27-12-10-26(42-4)11-13-27/h5-15,20-21,29,37H,16-19H2,1-4H3,(H2,33,34,39)/t20-,21-,29+/m1/s1. The van der Waals surface area contributed by atoms with E-state index in [0.29, 0.717) is 28.4 Å². The number of urea groups is 1. The molecule has 0 aliphatic carbocycles. The molecule has 0 fully saturated rings. The molecule has 0 saturated heterocycles. The molecular weight excluding hydrogens is 591 g/mol. The number of nitrogens with one attached hydrogen (secondary N) is 2. The number of hydrogen-bond donors (Lipinski definition) is 3. The van der Waals surface area contributed by atoms with Gasteiger partial charge in [0.1, 0.15) is 23.4 Å². The summed E-state index contributed by atoms with van der Waals surface area (Å²) in [5.41, 5.74) is 1.25. The van der Waals surface area contributed by atoms with Crippen molar-refractivity contribution in [1.82, 2.24) is 9.21 Å². The van der Waals surface area contributed by atoms with Crippen molar-refractivity contribution < 1.29 is 37.0 Å². The molecule has 3 aromatic rings. The van der Waals surface area contributed by atoms with Gasteiger partial charge in [0.05, 0.1) is 37.6 Å². The first-order valence-electron chi connectivity index (χ1n) is 14.0. The number of hydrogen-bond acceptors (Lipinski definition) is 7. The van der Waals surface area contributed by atoms with E-state index in [1.165, 1.54) is 54.9 Å². The van der Waals surface area contributed by atoms with Crippen LogP contribution in [0.15, 0.2) is 71.6 Å². The number of sulfonamides is 1. The lowest BCUT2D eigenvalue weighted by atomic mass is 10.0. The maximum Gasteiger partial charge on any atom is 0.323 e. The maximum absolute atomic E-state index is 13.5. The largest absolute Gasteiger partial charge is 0.497 e. The first kappa shape index (κ1) is 32.7. The molecule has 236 valence electrons. The number of anilines is 2. The van der Waals surface area contributed by atoms with Crippen molar-refractivity contribution >= 4 is 33.3 Å². The number of amides is 3. The number of fused-ring (bicyclic) bond motifs is 1. The van der Waals surface area contributed by atoms with Gasteiger partial charge in [0, 0.05) is 36.4 Å². The Balaban J connectivity index is 1.60. The normalized spacial score (nSPS) is 17.9. The van der Waals surface area contributed by atoms with E-state index in [9.17, 15) is 27.5 Å². The summed E-state index contributed by atoms with van der Waals surface area (Å²) in [5.74, 6) is -0.114. The summed E-state index contributed by atoms with van der Waals surface area (Å²) < 4.78 is 52.8. The Bertz CT molecular complexity index is 1570. The van der Waals surface area contributed by atoms with Gasteiger partial charge in [-0.05, 0) is 73.7 Å². The highest BCUT2D eigenvalue weighted by molar-refractivity contribution is 7.89. The Kier molecular flexibility index (Phi) is 10.4. The van der Waals surface area contributed by atoms with Crippen molar-refractivity contribution in [2.75, 3.05) is 44.5 Å². The molecule has 3 N–H and O–H groups in total. The molecule has 0 unspecified atom stereocenters. The van der Waals surface area contributed by atoms with Gasteiger partial charge in [-0.3, -0.25) is 4.79 Å². The quantitative estimate of drug-likeness (QED) is 0.326. The first-order valence-corrected chi connectivity index (χ1v) is 15.5. The van der Waals surface area contributed by atoms with Gasteiger partial charge in [-0.25, -0.2) is 17.6 Å². The molecule has 1 heterocycles. The number of aliphatic hydroxyl groups excluding tert-OH is 1. The minimum Gasteiger partial charge on any atom is -0.497 e. The van der Waals surface area contributed by atoms with Crippen molar-refractivity contribution in [2.45, 2.75) is 37.3 Å². The van der Waals surface area contributed by atoms with E-state index in [-0.39, 0.29) is 42.8 Å². The SMILES string of the molecule is COc1ccc(S(=O)(=O)N(C)C[C@@H]2Oc3ccc(NC(=O)Nc4ccc(F)cc4)cc3CC(=O)N([C@H](C)CO)C[C@H]2C)cc1. The summed E-state index contributed by atoms with van der Waals surface area (Å²) in [5, 5.41) is 15.2. The number of methoxy groups -OCH3 is 1. The van der Waals surface area contributed by atoms with Gasteiger partial charge in [-0.2, -0.15) is 4.31 Å². The fourth-order valence-electron chi connectivity index (χ4n) is 4.83. The number of likely N-dealkylation sites (N-methyl/N-ethyl adjacent to an activating group) is 1. The van der Waals surface area contributed by atoms with Crippen LogP contribution in [0.2, 0.25) is 0 Å². The van der Waals surface area contributed by atoms with Crippen LogP contribution < -0.4 is 20.1 Å². The minimum absolute atomic E-state index is 0.0232. The molecule has 3 aromatic carbocycles. The Morgan fingerprint density at radius 1 is 1.11 bits per heavy atom. The van der Waals surface area contributed by atoms with Crippen molar-refractivity contribution in [3.8, 4) is 11.5 Å². The van der Waals surface area contributed by atoms with Crippen LogP contribution in [0.5, 0.6) is 11.5 Å². The monoisotopic (exact) mass is 628 g/mol. The highest BCUT2D eigenvalue weighted by Crippen LogP contribution is 2.30. The molecule has 0 radical (unpaired) electrons. The van der Waals surface area contributed by atoms with Crippen LogP contribution in [0.25, 0.3) is 0 Å². The molecule has 3 atom stereocenters. The molecule has 44 heavy (non-hydrogen) atoms. The van der Waals surface area contributed by atoms with Crippen molar-refractivity contribution in [1.29, 1.82) is 0 Å². The summed E-state index contributed by atoms with van der Waals surface area (Å²) in [6, 6.07) is 15.2. The second-order valence-corrected chi connectivity index (χ2v) is 12.8. The third-order valence-electron chi connectivity index (χ3n) is 7.48. The molecule has 3 amide bonds. The Hall–Kier alpha value is -4.20. The summed E-state index contributed by atoms with van der Waals surface area (Å²) >= 11 is 0. The van der Waals surface area contributed by atoms with Crippen LogP contribution in [0.3, 0.4) is 0 Å². The van der Waals surface area contributed by atoms with E-state index in [4.69, 9.17) is 9.47 Å². The lowest BCUT2D eigenvalue weighted by Crippen LogP contribution is -2.48. The molecule has 0 bridgehead atoms. The zero-order valence-corrected chi connectivity index (χ0v) is 25.8. The maximum atomic E-state index is 13.5. The van der Waals surface area contributed by atoms with Gasteiger partial charge in [-0.1, -0.05) is 6.92 Å². The van der Waals surface area contributed by atoms with Gasteiger partial charge in [-0.15, -0.1) is 0 Å². The third kappa shape index (κ3) is 7.84. The van der Waals surface area contributed by atoms with E-state index < -0.39 is 34.0 Å². The van der Waals surface area contributed by atoms with Crippen molar-refractivity contribution in [2.24, 2.45) is 5.92 Å². The summed E-state index contributed by atoms with van der Waals surface area (Å²) in [4.78, 5) is 27.7. The van der Waals surface area contributed by atoms with E-state index in [1.807, 2.05) is 6.92 Å². The highest BCUT2D eigenvalue weighted by Gasteiger charge is 2.33. The van der Waals surface area contributed by atoms with E-state index >= 15 is 0 Å². The minimum atomic E-state index is -3.89. The van der Waals surface area contributed by atoms with Crippen LogP contribution in [-0.4, -0.2) is 80.7 Å². The van der Waals surface area contributed by atoms with Crippen LogP contribution >= 0.6 is 0 Å². The van der Waals surface area contributed by atoms with Crippen LogP contribution in [0.1, 0.15) is 19.4 Å². The van der Waals surface area contributed by atoms with Crippen LogP contribution in [-0.2, 0) is 21.2 Å². The third-order valence-corrected chi connectivity index (χ3v) is 9.32. The topological polar surface area (TPSA) is 138 Å². The molecule has 11 nitrogen and oxygen atoms in total. The Labute approximate surface area is 256 Å². The van der Waals surface area contributed by atoms with Crippen LogP contribution in [0, 0.1) is 11.7 Å². The smallest absolute Gasteiger partial charge is 0.323 e. The molecule has 0 aromatic heterocycles. The zero-order chi connectivity index (χ0) is 32.0. The predicted molar refractivity (Wildman–Crippen MR) is 164 cm³/mol. The average molecular weight is 629 g/mol. The molecule has 1 aliphatic heterocycles. The van der Waals surface area contributed by atoms with Gasteiger partial charge in [0.25, 0.3) is 0 Å². The lowest BCUT2D eigenvalue weighted by molar-refractivity contribution is -0.134. The van der Waals surface area contributed by atoms with Gasteiger partial charge >= 0.3 is 6.03 Å². The highest BCUT2D eigenvalue weighted by atomic mass is 32.2. The molecular formula is C31H37FN4O7S. The Morgan fingerprint density at radius 3 is 2.39 bits per heavy atom. The fraction of sp³-hybridized carbons (Fsp3) is 0.355. The summed E-state index contributed by atoms with van der Waals surface area (Å²) in [6.07, 6.45) is -0.750. The number of ether oxygens (including phenoxy) is 2. The molecule has 13 heteroatoms. The van der Waals surface area contributed by atoms with Crippen molar-refractivity contribution in [3.63, 3.8) is 0 Å². The number of carbonyl (C=O) groups is 2. The number of halogens is 1. The summed E-state index contributed by atoms with van der Waals surface area (Å²) in [7, 11) is -0.922. The number of rotatable bonds is 9. The number of benzene rings is 3. The zero-order valence-electron chi connectivity index (χ0n) is 25.0. The van der Waals surface area contributed by atoms with Crippen molar-refractivity contribution in [3.05, 3.63) is 78.1 Å². The number of carbonyl (C=O) groups excluding carboxylic acids is 2. The number of nitrogens with zero attached hydrogens (tertiary/aromatic N) is 2. The fourth-order valence-corrected chi connectivity index (χ4v) is 6.01. The van der Waals surface area contributed by atoms with Gasteiger partial charge in [0.2, 0.25) is 15.9 Å². The molecule has 1 aliphatic rings. The van der Waals surface area contributed by atoms with Crippen LogP contribution in [0.4, 0.5) is 20.6 Å². The second-order valence-electron chi connectivity index (χ2n) is 10.8. The molecule has 0 saturated carbocycles. The molecule has 0 spiro atoms. The van der Waals surface area contributed by atoms with E-state index in [0.717, 1.165) is 0 Å². The number of aliphatic hydroxyl groups is 1. The van der Waals surface area contributed by atoms with Gasteiger partial charge in [0.15, 0.2) is 0 Å².